The van der Waals surface area contributed by atoms with E-state index in [9.17, 15) is 14.0 Å². The van der Waals surface area contributed by atoms with Gasteiger partial charge in [0.15, 0.2) is 5.17 Å². The number of carbonyl (C=O) groups is 2. The van der Waals surface area contributed by atoms with Crippen molar-refractivity contribution < 1.29 is 18.7 Å². The van der Waals surface area contributed by atoms with E-state index in [0.29, 0.717) is 22.3 Å². The number of ether oxygens (including phenoxy) is 1. The molecule has 0 unspecified atom stereocenters. The van der Waals surface area contributed by atoms with Crippen LogP contribution in [-0.4, -0.2) is 40.8 Å². The van der Waals surface area contributed by atoms with Gasteiger partial charge in [-0.2, -0.15) is 0 Å². The van der Waals surface area contributed by atoms with Crippen molar-refractivity contribution >= 4 is 40.1 Å². The van der Waals surface area contributed by atoms with Gasteiger partial charge in [-0.25, -0.2) is 9.38 Å². The maximum atomic E-state index is 13.1. The number of rotatable bonds is 7. The molecule has 0 aromatic heterocycles. The molecule has 29 heavy (non-hydrogen) atoms. The number of nitrogens with one attached hydrogen (secondary N) is 1. The number of amidine groups is 1. The Hall–Kier alpha value is -3.13. The molecular formula is C21H20FN3O3S. The van der Waals surface area contributed by atoms with E-state index in [1.807, 2.05) is 0 Å². The maximum Gasteiger partial charge on any atom is 0.242 e. The van der Waals surface area contributed by atoms with E-state index >= 15 is 0 Å². The first-order valence-electron chi connectivity index (χ1n) is 8.88. The van der Waals surface area contributed by atoms with Crippen LogP contribution in [0.3, 0.4) is 0 Å². The molecule has 1 saturated heterocycles. The number of hydrogen-bond acceptors (Lipinski definition) is 5. The summed E-state index contributed by atoms with van der Waals surface area (Å²) in [4.78, 5) is 31.2. The molecule has 1 atom stereocenters. The van der Waals surface area contributed by atoms with Gasteiger partial charge in [-0.1, -0.05) is 30.0 Å². The standard InChI is InChI=1S/C21H20FN3O3S/c1-3-12-25-20(27)18(29-21(25)23-15-10-8-14(22)9-11-15)13-19(26)24-16-6-4-5-7-17(16)28-2/h3-11,18H,1,12-13H2,2H3,(H,24,26)/t18-/m1/s1. The van der Waals surface area contributed by atoms with Crippen molar-refractivity contribution in [3.63, 3.8) is 0 Å². The smallest absolute Gasteiger partial charge is 0.242 e. The Labute approximate surface area is 172 Å². The highest BCUT2D eigenvalue weighted by atomic mass is 32.2. The molecule has 1 fully saturated rings. The van der Waals surface area contributed by atoms with Crippen molar-refractivity contribution in [3.8, 4) is 5.75 Å². The second-order valence-electron chi connectivity index (χ2n) is 6.17. The lowest BCUT2D eigenvalue weighted by atomic mass is 10.2. The first-order valence-corrected chi connectivity index (χ1v) is 9.76. The summed E-state index contributed by atoms with van der Waals surface area (Å²) < 4.78 is 18.3. The molecule has 2 amide bonds. The van der Waals surface area contributed by atoms with E-state index in [0.717, 1.165) is 0 Å². The van der Waals surface area contributed by atoms with Gasteiger partial charge in [0.25, 0.3) is 0 Å². The third-order valence-corrected chi connectivity index (χ3v) is 5.31. The van der Waals surface area contributed by atoms with E-state index in [4.69, 9.17) is 4.74 Å². The van der Waals surface area contributed by atoms with Crippen LogP contribution in [0.25, 0.3) is 0 Å². The minimum Gasteiger partial charge on any atom is -0.495 e. The Morgan fingerprint density at radius 2 is 2.03 bits per heavy atom. The number of aliphatic imine (C=N–C) groups is 1. The lowest BCUT2D eigenvalue weighted by molar-refractivity contribution is -0.127. The molecule has 0 aliphatic carbocycles. The van der Waals surface area contributed by atoms with Crippen molar-refractivity contribution in [1.29, 1.82) is 0 Å². The van der Waals surface area contributed by atoms with Crippen LogP contribution in [0.2, 0.25) is 0 Å². The second kappa shape index (κ2) is 9.38. The van der Waals surface area contributed by atoms with Gasteiger partial charge in [-0.3, -0.25) is 14.5 Å². The average molecular weight is 413 g/mol. The third kappa shape index (κ3) is 5.03. The predicted molar refractivity (Wildman–Crippen MR) is 113 cm³/mol. The summed E-state index contributed by atoms with van der Waals surface area (Å²) in [7, 11) is 1.52. The lowest BCUT2D eigenvalue weighted by Gasteiger charge is -2.14. The number of benzene rings is 2. The molecule has 2 aromatic rings. The Morgan fingerprint density at radius 1 is 1.31 bits per heavy atom. The summed E-state index contributed by atoms with van der Waals surface area (Å²) >= 11 is 1.21. The summed E-state index contributed by atoms with van der Waals surface area (Å²) in [5.74, 6) is -0.344. The van der Waals surface area contributed by atoms with Crippen molar-refractivity contribution in [2.24, 2.45) is 4.99 Å². The average Bonchev–Trinajstić information content (AvgIpc) is 2.99. The van der Waals surface area contributed by atoms with Gasteiger partial charge in [0.05, 0.1) is 18.5 Å². The Kier molecular flexibility index (Phi) is 6.66. The van der Waals surface area contributed by atoms with Gasteiger partial charge in [0.2, 0.25) is 11.8 Å². The van der Waals surface area contributed by atoms with Crippen molar-refractivity contribution in [2.45, 2.75) is 11.7 Å². The summed E-state index contributed by atoms with van der Waals surface area (Å²) in [6.07, 6.45) is 1.58. The molecule has 1 aliphatic heterocycles. The van der Waals surface area contributed by atoms with Gasteiger partial charge in [0.1, 0.15) is 16.8 Å². The number of carbonyl (C=O) groups excluding carboxylic acids is 2. The molecule has 6 nitrogen and oxygen atoms in total. The molecule has 150 valence electrons. The molecule has 3 rings (SSSR count). The van der Waals surface area contributed by atoms with Crippen LogP contribution in [0.1, 0.15) is 6.42 Å². The normalized spacial score (nSPS) is 17.4. The fourth-order valence-electron chi connectivity index (χ4n) is 2.77. The zero-order valence-corrected chi connectivity index (χ0v) is 16.6. The molecule has 1 N–H and O–H groups in total. The number of anilines is 1. The predicted octanol–water partition coefficient (Wildman–Crippen LogP) is 3.98. The fraction of sp³-hybridized carbons (Fsp3) is 0.190. The van der Waals surface area contributed by atoms with Crippen LogP contribution in [0.5, 0.6) is 5.75 Å². The Morgan fingerprint density at radius 3 is 2.72 bits per heavy atom. The van der Waals surface area contributed by atoms with E-state index < -0.39 is 5.25 Å². The largest absolute Gasteiger partial charge is 0.495 e. The first-order chi connectivity index (χ1) is 14.0. The molecule has 0 saturated carbocycles. The van der Waals surface area contributed by atoms with E-state index in [2.05, 4.69) is 16.9 Å². The van der Waals surface area contributed by atoms with Crippen LogP contribution >= 0.6 is 11.8 Å². The van der Waals surface area contributed by atoms with Crippen LogP contribution in [0.4, 0.5) is 15.8 Å². The number of para-hydroxylation sites is 2. The van der Waals surface area contributed by atoms with Gasteiger partial charge in [-0.15, -0.1) is 6.58 Å². The molecule has 1 aliphatic rings. The van der Waals surface area contributed by atoms with Crippen LogP contribution in [0, 0.1) is 5.82 Å². The number of halogens is 1. The molecular weight excluding hydrogens is 393 g/mol. The fourth-order valence-corrected chi connectivity index (χ4v) is 3.93. The molecule has 8 heteroatoms. The summed E-state index contributed by atoms with van der Waals surface area (Å²) in [5.41, 5.74) is 1.06. The Bertz CT molecular complexity index is 946. The SMILES string of the molecule is C=CCN1C(=O)[C@@H](CC(=O)Nc2ccccc2OC)SC1=Nc1ccc(F)cc1. The molecule has 1 heterocycles. The lowest BCUT2D eigenvalue weighted by Crippen LogP contribution is -2.33. The summed E-state index contributed by atoms with van der Waals surface area (Å²) in [6.45, 7) is 3.95. The van der Waals surface area contributed by atoms with Crippen molar-refractivity contribution in [3.05, 3.63) is 67.0 Å². The zero-order chi connectivity index (χ0) is 20.8. The summed E-state index contributed by atoms with van der Waals surface area (Å²) in [5, 5.41) is 2.62. The second-order valence-corrected chi connectivity index (χ2v) is 7.34. The van der Waals surface area contributed by atoms with Crippen molar-refractivity contribution in [2.75, 3.05) is 19.0 Å². The van der Waals surface area contributed by atoms with Gasteiger partial charge in [0, 0.05) is 13.0 Å². The first kappa shape index (κ1) is 20.6. The number of thioether (sulfide) groups is 1. The number of amides is 2. The van der Waals surface area contributed by atoms with Gasteiger partial charge in [-0.05, 0) is 36.4 Å². The highest BCUT2D eigenvalue weighted by Gasteiger charge is 2.38. The molecule has 0 spiro atoms. The third-order valence-electron chi connectivity index (χ3n) is 4.13. The minimum absolute atomic E-state index is 0.0162. The number of nitrogens with zero attached hydrogens (tertiary/aromatic N) is 2. The zero-order valence-electron chi connectivity index (χ0n) is 15.8. The van der Waals surface area contributed by atoms with Crippen LogP contribution in [-0.2, 0) is 9.59 Å². The quantitative estimate of drug-likeness (QED) is 0.697. The molecule has 2 aromatic carbocycles. The van der Waals surface area contributed by atoms with Gasteiger partial charge < -0.3 is 10.1 Å². The van der Waals surface area contributed by atoms with E-state index in [1.165, 1.54) is 48.0 Å². The highest BCUT2D eigenvalue weighted by molar-refractivity contribution is 8.15. The van der Waals surface area contributed by atoms with Crippen LogP contribution < -0.4 is 10.1 Å². The Balaban J connectivity index is 1.74. The number of hydrogen-bond donors (Lipinski definition) is 1. The monoisotopic (exact) mass is 413 g/mol. The minimum atomic E-state index is -0.608. The van der Waals surface area contributed by atoms with Crippen LogP contribution in [0.15, 0.2) is 66.2 Å². The van der Waals surface area contributed by atoms with Gasteiger partial charge >= 0.3 is 0 Å². The topological polar surface area (TPSA) is 71.0 Å². The maximum absolute atomic E-state index is 13.1. The van der Waals surface area contributed by atoms with E-state index in [1.54, 1.807) is 30.3 Å². The molecule has 0 bridgehead atoms. The summed E-state index contributed by atoms with van der Waals surface area (Å²) in [6, 6.07) is 12.7. The number of methoxy groups -OCH3 is 1. The highest BCUT2D eigenvalue weighted by Crippen LogP contribution is 2.32. The van der Waals surface area contributed by atoms with E-state index in [-0.39, 0.29) is 30.6 Å². The molecule has 0 radical (unpaired) electrons. The van der Waals surface area contributed by atoms with Crippen molar-refractivity contribution in [1.82, 2.24) is 4.90 Å².